The van der Waals surface area contributed by atoms with Crippen LogP contribution < -0.4 is 5.32 Å². The zero-order chi connectivity index (χ0) is 16.0. The summed E-state index contributed by atoms with van der Waals surface area (Å²) in [5, 5.41) is 11.9. The van der Waals surface area contributed by atoms with Gasteiger partial charge in [0.05, 0.1) is 5.92 Å². The summed E-state index contributed by atoms with van der Waals surface area (Å²) in [7, 11) is 0. The Kier molecular flexibility index (Phi) is 5.76. The molecule has 0 unspecified atom stereocenters. The minimum atomic E-state index is -0.855. The Morgan fingerprint density at radius 1 is 1.33 bits per heavy atom. The number of ether oxygens (including phenoxy) is 1. The van der Waals surface area contributed by atoms with Crippen LogP contribution in [0.5, 0.6) is 0 Å². The Balaban J connectivity index is 2.85. The summed E-state index contributed by atoms with van der Waals surface area (Å²) < 4.78 is 5.17. The van der Waals surface area contributed by atoms with E-state index in [1.54, 1.807) is 45.0 Å². The van der Waals surface area contributed by atoms with Gasteiger partial charge in [0.15, 0.2) is 0 Å². The van der Waals surface area contributed by atoms with Gasteiger partial charge in [0.25, 0.3) is 0 Å². The fraction of sp³-hybridized carbons (Fsp3) is 0.500. The van der Waals surface area contributed by atoms with Crippen LogP contribution in [0.25, 0.3) is 0 Å². The summed E-state index contributed by atoms with van der Waals surface area (Å²) in [6.07, 6.45) is 0.786. The van der Waals surface area contributed by atoms with E-state index in [1.165, 1.54) is 0 Å². The van der Waals surface area contributed by atoms with Gasteiger partial charge in [0, 0.05) is 5.69 Å². The van der Waals surface area contributed by atoms with Gasteiger partial charge < -0.3 is 9.84 Å². The van der Waals surface area contributed by atoms with E-state index in [4.69, 9.17) is 4.74 Å². The average molecular weight is 293 g/mol. The number of hydrogen-bond donors (Lipinski definition) is 2. The first-order chi connectivity index (χ1) is 9.73. The lowest BCUT2D eigenvalue weighted by molar-refractivity contribution is -0.139. The summed E-state index contributed by atoms with van der Waals surface area (Å²) in [5.74, 6) is -1.42. The Bertz CT molecular complexity index is 505. The van der Waals surface area contributed by atoms with Crippen molar-refractivity contribution in [3.05, 3.63) is 29.8 Å². The maximum Gasteiger partial charge on any atom is 0.412 e. The number of benzene rings is 1. The van der Waals surface area contributed by atoms with Gasteiger partial charge in [-0.1, -0.05) is 25.5 Å². The smallest absolute Gasteiger partial charge is 0.412 e. The molecule has 0 aliphatic heterocycles. The van der Waals surface area contributed by atoms with Crippen LogP contribution in [0.2, 0.25) is 0 Å². The van der Waals surface area contributed by atoms with E-state index in [9.17, 15) is 14.7 Å². The van der Waals surface area contributed by atoms with Gasteiger partial charge in [0.1, 0.15) is 5.60 Å². The molecule has 1 aromatic rings. The highest BCUT2D eigenvalue weighted by Crippen LogP contribution is 2.24. The van der Waals surface area contributed by atoms with Crippen molar-refractivity contribution in [3.63, 3.8) is 0 Å². The molecule has 0 aliphatic carbocycles. The van der Waals surface area contributed by atoms with E-state index in [1.807, 2.05) is 6.92 Å². The number of carbonyl (C=O) groups excluding carboxylic acids is 1. The van der Waals surface area contributed by atoms with Crippen molar-refractivity contribution in [2.24, 2.45) is 0 Å². The highest BCUT2D eigenvalue weighted by molar-refractivity contribution is 5.85. The molecule has 1 atom stereocenters. The second kappa shape index (κ2) is 7.11. The molecule has 2 N–H and O–H groups in total. The van der Waals surface area contributed by atoms with E-state index in [-0.39, 0.29) is 0 Å². The first kappa shape index (κ1) is 17.0. The summed E-state index contributed by atoms with van der Waals surface area (Å²) >= 11 is 0. The molecule has 0 aliphatic rings. The van der Waals surface area contributed by atoms with Crippen LogP contribution in [-0.2, 0) is 9.53 Å². The molecule has 0 radical (unpaired) electrons. The third-order valence-corrected chi connectivity index (χ3v) is 2.81. The molecule has 0 aromatic heterocycles. The third-order valence-electron chi connectivity index (χ3n) is 2.81. The zero-order valence-corrected chi connectivity index (χ0v) is 13.0. The van der Waals surface area contributed by atoms with Gasteiger partial charge in [0.2, 0.25) is 0 Å². The number of amides is 1. The Labute approximate surface area is 125 Å². The number of nitrogens with one attached hydrogen (secondary N) is 1. The van der Waals surface area contributed by atoms with Gasteiger partial charge in [-0.2, -0.15) is 0 Å². The van der Waals surface area contributed by atoms with E-state index >= 15 is 0 Å². The van der Waals surface area contributed by atoms with Crippen LogP contribution in [0.15, 0.2) is 24.3 Å². The number of carbonyl (C=O) groups is 2. The summed E-state index contributed by atoms with van der Waals surface area (Å²) in [6.45, 7) is 7.29. The van der Waals surface area contributed by atoms with Crippen LogP contribution in [-0.4, -0.2) is 22.8 Å². The average Bonchev–Trinajstić information content (AvgIpc) is 2.33. The van der Waals surface area contributed by atoms with Crippen LogP contribution >= 0.6 is 0 Å². The Morgan fingerprint density at radius 3 is 2.52 bits per heavy atom. The number of aliphatic carboxylic acids is 1. The van der Waals surface area contributed by atoms with Crippen LogP contribution in [0.1, 0.15) is 52.0 Å². The van der Waals surface area contributed by atoms with Crippen LogP contribution in [0, 0.1) is 0 Å². The van der Waals surface area contributed by atoms with Gasteiger partial charge >= 0.3 is 12.1 Å². The topological polar surface area (TPSA) is 75.6 Å². The molecule has 0 saturated heterocycles. The van der Waals surface area contributed by atoms with Gasteiger partial charge in [-0.05, 0) is 44.9 Å². The molecule has 5 heteroatoms. The van der Waals surface area contributed by atoms with E-state index < -0.39 is 23.6 Å². The minimum absolute atomic E-state index is 0.532. The summed E-state index contributed by atoms with van der Waals surface area (Å²) in [4.78, 5) is 23.0. The monoisotopic (exact) mass is 293 g/mol. The molecule has 0 heterocycles. The number of hydrogen-bond acceptors (Lipinski definition) is 3. The van der Waals surface area contributed by atoms with Crippen molar-refractivity contribution in [3.8, 4) is 0 Å². The minimum Gasteiger partial charge on any atom is -0.481 e. The first-order valence-corrected chi connectivity index (χ1v) is 7.05. The third kappa shape index (κ3) is 5.85. The molecule has 116 valence electrons. The predicted octanol–water partition coefficient (Wildman–Crippen LogP) is 4.00. The molecule has 1 amide bonds. The molecule has 5 nitrogen and oxygen atoms in total. The lowest BCUT2D eigenvalue weighted by atomic mass is 9.94. The van der Waals surface area contributed by atoms with Crippen molar-refractivity contribution < 1.29 is 19.4 Å². The highest BCUT2D eigenvalue weighted by Gasteiger charge is 2.20. The number of carboxylic acids is 1. The number of anilines is 1. The molecule has 0 spiro atoms. The Hall–Kier alpha value is -2.04. The van der Waals surface area contributed by atoms with Crippen molar-refractivity contribution in [2.75, 3.05) is 5.32 Å². The normalized spacial score (nSPS) is 12.6. The first-order valence-electron chi connectivity index (χ1n) is 7.05. The lowest BCUT2D eigenvalue weighted by Crippen LogP contribution is -2.27. The number of carboxylic acid groups (broad SMARTS) is 1. The van der Waals surface area contributed by atoms with Crippen molar-refractivity contribution >= 4 is 17.7 Å². The van der Waals surface area contributed by atoms with Gasteiger partial charge in [-0.25, -0.2) is 4.79 Å². The molecule has 1 rings (SSSR count). The van der Waals surface area contributed by atoms with Crippen LogP contribution in [0.3, 0.4) is 0 Å². The van der Waals surface area contributed by atoms with E-state index in [2.05, 4.69) is 5.32 Å². The molecule has 0 saturated carbocycles. The predicted molar refractivity (Wildman–Crippen MR) is 81.6 cm³/mol. The number of rotatable bonds is 5. The maximum atomic E-state index is 11.7. The SMILES string of the molecule is CCC[C@H](C(=O)O)c1cccc(NC(=O)OC(C)(C)C)c1. The standard InChI is InChI=1S/C16H23NO4/c1-5-7-13(14(18)19)11-8-6-9-12(10-11)17-15(20)21-16(2,3)4/h6,8-10,13H,5,7H2,1-4H3,(H,17,20)(H,18,19)/t13-/m0/s1. The van der Waals surface area contributed by atoms with E-state index in [0.29, 0.717) is 17.7 Å². The second-order valence-electron chi connectivity index (χ2n) is 5.93. The van der Waals surface area contributed by atoms with Crippen molar-refractivity contribution in [2.45, 2.75) is 52.1 Å². The molecule has 0 bridgehead atoms. The fourth-order valence-corrected chi connectivity index (χ4v) is 1.98. The molecule has 0 fully saturated rings. The van der Waals surface area contributed by atoms with Crippen molar-refractivity contribution in [1.82, 2.24) is 0 Å². The summed E-state index contributed by atoms with van der Waals surface area (Å²) in [6, 6.07) is 6.87. The maximum absolute atomic E-state index is 11.7. The zero-order valence-electron chi connectivity index (χ0n) is 13.0. The van der Waals surface area contributed by atoms with Gasteiger partial charge in [-0.15, -0.1) is 0 Å². The molecule has 1 aromatic carbocycles. The lowest BCUT2D eigenvalue weighted by Gasteiger charge is -2.20. The van der Waals surface area contributed by atoms with E-state index in [0.717, 1.165) is 6.42 Å². The largest absolute Gasteiger partial charge is 0.481 e. The summed E-state index contributed by atoms with van der Waals surface area (Å²) in [5.41, 5.74) is 0.634. The quantitative estimate of drug-likeness (QED) is 0.860. The van der Waals surface area contributed by atoms with Crippen molar-refractivity contribution in [1.29, 1.82) is 0 Å². The molecular weight excluding hydrogens is 270 g/mol. The van der Waals surface area contributed by atoms with Gasteiger partial charge in [-0.3, -0.25) is 10.1 Å². The molecule has 21 heavy (non-hydrogen) atoms. The fourth-order valence-electron chi connectivity index (χ4n) is 1.98. The molecular formula is C16H23NO4. The highest BCUT2D eigenvalue weighted by atomic mass is 16.6. The second-order valence-corrected chi connectivity index (χ2v) is 5.93. The Morgan fingerprint density at radius 2 is 2.00 bits per heavy atom. The van der Waals surface area contributed by atoms with Crippen LogP contribution in [0.4, 0.5) is 10.5 Å².